The lowest BCUT2D eigenvalue weighted by Gasteiger charge is -2.48. The second-order valence-corrected chi connectivity index (χ2v) is 9.04. The quantitative estimate of drug-likeness (QED) is 0.388. The van der Waals surface area contributed by atoms with E-state index in [4.69, 9.17) is 0 Å². The van der Waals surface area contributed by atoms with Crippen LogP contribution in [0.2, 0.25) is 0 Å². The van der Waals surface area contributed by atoms with Crippen LogP contribution in [0.3, 0.4) is 0 Å². The third-order valence-electron chi connectivity index (χ3n) is 6.72. The van der Waals surface area contributed by atoms with Crippen LogP contribution in [0.4, 0.5) is 5.69 Å². The van der Waals surface area contributed by atoms with E-state index in [1.54, 1.807) is 12.1 Å². The maximum Gasteiger partial charge on any atom is 0.330 e. The first-order valence-electron chi connectivity index (χ1n) is 11.4. The minimum Gasteiger partial charge on any atom is -0.508 e. The lowest BCUT2D eigenvalue weighted by atomic mass is 9.76. The molecular formula is C29H31NO3. The van der Waals surface area contributed by atoms with Crippen molar-refractivity contribution in [1.29, 1.82) is 0 Å². The zero-order valence-corrected chi connectivity index (χ0v) is 19.7. The highest BCUT2D eigenvalue weighted by atomic mass is 16.5. The highest BCUT2D eigenvalue weighted by molar-refractivity contribution is 5.86. The van der Waals surface area contributed by atoms with Gasteiger partial charge in [0.05, 0.1) is 12.6 Å². The number of hydrogen-bond donors (Lipinski definition) is 1. The Labute approximate surface area is 196 Å². The maximum atomic E-state index is 11.4. The highest BCUT2D eigenvalue weighted by Gasteiger charge is 2.40. The molecule has 0 saturated heterocycles. The summed E-state index contributed by atoms with van der Waals surface area (Å²) in [4.78, 5) is 13.9. The fourth-order valence-electron chi connectivity index (χ4n) is 4.75. The number of esters is 1. The van der Waals surface area contributed by atoms with Gasteiger partial charge in [-0.3, -0.25) is 0 Å². The fraction of sp³-hybridized carbons (Fsp3) is 0.276. The molecule has 0 bridgehead atoms. The predicted octanol–water partition coefficient (Wildman–Crippen LogP) is 6.03. The van der Waals surface area contributed by atoms with Crippen LogP contribution in [0.5, 0.6) is 5.75 Å². The topological polar surface area (TPSA) is 49.8 Å². The van der Waals surface area contributed by atoms with Crippen molar-refractivity contribution < 1.29 is 14.6 Å². The zero-order valence-electron chi connectivity index (χ0n) is 19.7. The van der Waals surface area contributed by atoms with Crippen molar-refractivity contribution in [2.75, 3.05) is 18.6 Å². The van der Waals surface area contributed by atoms with E-state index in [0.717, 1.165) is 24.1 Å². The number of phenolic OH excluding ortho intramolecular Hbond substituents is 1. The van der Waals surface area contributed by atoms with Gasteiger partial charge >= 0.3 is 5.97 Å². The summed E-state index contributed by atoms with van der Waals surface area (Å²) in [5.74, 6) is 0.415. The molecule has 1 aliphatic rings. The Bertz CT molecular complexity index is 1160. The molecule has 0 spiro atoms. The van der Waals surface area contributed by atoms with Crippen LogP contribution in [-0.2, 0) is 21.5 Å². The molecular weight excluding hydrogens is 410 g/mol. The molecule has 0 radical (unpaired) electrons. The van der Waals surface area contributed by atoms with Gasteiger partial charge in [-0.2, -0.15) is 0 Å². The number of carbonyl (C=O) groups is 1. The first-order chi connectivity index (χ1) is 15.8. The number of hydrogen-bond acceptors (Lipinski definition) is 4. The Kier molecular flexibility index (Phi) is 6.28. The largest absolute Gasteiger partial charge is 0.508 e. The van der Waals surface area contributed by atoms with Gasteiger partial charge in [-0.05, 0) is 77.4 Å². The first kappa shape index (κ1) is 22.7. The van der Waals surface area contributed by atoms with Crippen LogP contribution in [0, 0.1) is 0 Å². The summed E-state index contributed by atoms with van der Waals surface area (Å²) in [6, 6.07) is 22.9. The molecule has 33 heavy (non-hydrogen) atoms. The molecule has 0 aromatic heterocycles. The molecule has 0 fully saturated rings. The molecule has 170 valence electrons. The summed E-state index contributed by atoms with van der Waals surface area (Å²) in [6.45, 7) is 7.51. The molecule has 0 saturated carbocycles. The molecule has 0 aliphatic carbocycles. The average Bonchev–Trinajstić information content (AvgIpc) is 2.83. The molecule has 4 rings (SSSR count). The SMILES string of the molecule is COC(=O)/C=C/c1ccc(C2(C)c3ccc(O)cc3CCN2c2ccc(C(C)C)cc2)cc1. The number of rotatable bonds is 5. The summed E-state index contributed by atoms with van der Waals surface area (Å²) in [6.07, 6.45) is 4.05. The normalized spacial score (nSPS) is 17.9. The van der Waals surface area contributed by atoms with Crippen LogP contribution in [-0.4, -0.2) is 24.7 Å². The van der Waals surface area contributed by atoms with Gasteiger partial charge < -0.3 is 14.7 Å². The van der Waals surface area contributed by atoms with Crippen molar-refractivity contribution in [3.63, 3.8) is 0 Å². The third kappa shape index (κ3) is 4.38. The van der Waals surface area contributed by atoms with Gasteiger partial charge in [-0.15, -0.1) is 0 Å². The second-order valence-electron chi connectivity index (χ2n) is 9.04. The number of carbonyl (C=O) groups excluding carboxylic acids is 1. The van der Waals surface area contributed by atoms with Gasteiger partial charge in [0.2, 0.25) is 0 Å². The minimum absolute atomic E-state index is 0.300. The molecule has 4 heteroatoms. The van der Waals surface area contributed by atoms with Crippen LogP contribution < -0.4 is 4.90 Å². The van der Waals surface area contributed by atoms with Gasteiger partial charge in [-0.1, -0.05) is 56.3 Å². The van der Waals surface area contributed by atoms with Crippen molar-refractivity contribution in [3.8, 4) is 5.75 Å². The standard InChI is InChI=1S/C29H31NO3/c1-20(2)22-8-12-25(13-9-22)30-18-17-23-19-26(31)14-15-27(23)29(30,3)24-10-5-21(6-11-24)7-16-28(32)33-4/h5-16,19-20,31H,17-18H2,1-4H3/b16-7+. The molecule has 0 amide bonds. The lowest BCUT2D eigenvalue weighted by molar-refractivity contribution is -0.134. The van der Waals surface area contributed by atoms with Crippen LogP contribution >= 0.6 is 0 Å². The monoisotopic (exact) mass is 441 g/mol. The Morgan fingerprint density at radius 2 is 1.76 bits per heavy atom. The molecule has 1 heterocycles. The van der Waals surface area contributed by atoms with E-state index in [2.05, 4.69) is 66.8 Å². The lowest BCUT2D eigenvalue weighted by Crippen LogP contribution is -2.49. The van der Waals surface area contributed by atoms with E-state index in [1.807, 2.05) is 24.3 Å². The molecule has 3 aromatic rings. The first-order valence-corrected chi connectivity index (χ1v) is 11.4. The maximum absolute atomic E-state index is 11.4. The smallest absolute Gasteiger partial charge is 0.330 e. The number of phenols is 1. The van der Waals surface area contributed by atoms with Crippen LogP contribution in [0.15, 0.2) is 72.8 Å². The average molecular weight is 442 g/mol. The van der Waals surface area contributed by atoms with E-state index in [-0.39, 0.29) is 5.97 Å². The van der Waals surface area contributed by atoms with Crippen molar-refractivity contribution in [3.05, 3.63) is 101 Å². The number of fused-ring (bicyclic) bond motifs is 1. The summed E-state index contributed by atoms with van der Waals surface area (Å²) in [5, 5.41) is 10.1. The minimum atomic E-state index is -0.411. The number of methoxy groups -OCH3 is 1. The van der Waals surface area contributed by atoms with Gasteiger partial charge in [-0.25, -0.2) is 4.79 Å². The molecule has 1 N–H and O–H groups in total. The Morgan fingerprint density at radius 3 is 2.39 bits per heavy atom. The Balaban J connectivity index is 1.79. The molecule has 3 aromatic carbocycles. The van der Waals surface area contributed by atoms with Crippen molar-refractivity contribution in [1.82, 2.24) is 0 Å². The summed E-state index contributed by atoms with van der Waals surface area (Å²) in [7, 11) is 1.37. The molecule has 1 atom stereocenters. The van der Waals surface area contributed by atoms with Crippen LogP contribution in [0.1, 0.15) is 54.5 Å². The van der Waals surface area contributed by atoms with Crippen molar-refractivity contribution >= 4 is 17.7 Å². The summed E-state index contributed by atoms with van der Waals surface area (Å²) in [5.41, 5.74) is 6.53. The summed E-state index contributed by atoms with van der Waals surface area (Å²) >= 11 is 0. The number of benzene rings is 3. The van der Waals surface area contributed by atoms with Gasteiger partial charge in [0.15, 0.2) is 0 Å². The van der Waals surface area contributed by atoms with E-state index in [1.165, 1.54) is 35.6 Å². The van der Waals surface area contributed by atoms with E-state index in [0.29, 0.717) is 11.7 Å². The van der Waals surface area contributed by atoms with Gasteiger partial charge in [0, 0.05) is 18.3 Å². The fourth-order valence-corrected chi connectivity index (χ4v) is 4.75. The number of ether oxygens (including phenoxy) is 1. The Hall–Kier alpha value is -3.53. The summed E-state index contributed by atoms with van der Waals surface area (Å²) < 4.78 is 4.69. The third-order valence-corrected chi connectivity index (χ3v) is 6.72. The second kappa shape index (κ2) is 9.14. The van der Waals surface area contributed by atoms with Crippen molar-refractivity contribution in [2.45, 2.75) is 38.6 Å². The predicted molar refractivity (Wildman–Crippen MR) is 134 cm³/mol. The molecule has 1 unspecified atom stereocenters. The number of aromatic hydroxyl groups is 1. The highest BCUT2D eigenvalue weighted by Crippen LogP contribution is 2.44. The van der Waals surface area contributed by atoms with Crippen molar-refractivity contribution in [2.24, 2.45) is 0 Å². The van der Waals surface area contributed by atoms with Crippen LogP contribution in [0.25, 0.3) is 6.08 Å². The van der Waals surface area contributed by atoms with Gasteiger partial charge in [0.1, 0.15) is 5.75 Å². The molecule has 4 nitrogen and oxygen atoms in total. The zero-order chi connectivity index (χ0) is 23.6. The Morgan fingerprint density at radius 1 is 1.06 bits per heavy atom. The number of nitrogens with zero attached hydrogens (tertiary/aromatic N) is 1. The molecule has 1 aliphatic heterocycles. The van der Waals surface area contributed by atoms with E-state index < -0.39 is 5.54 Å². The van der Waals surface area contributed by atoms with Gasteiger partial charge in [0.25, 0.3) is 0 Å². The van der Waals surface area contributed by atoms with E-state index >= 15 is 0 Å². The van der Waals surface area contributed by atoms with E-state index in [9.17, 15) is 9.90 Å². The number of anilines is 1.